The SMILES string of the molecule is COc1ccc(-c2nccn2[C@@H]2C[C@H]3CO[C@@H](CCO)CN3C2)cc1C. The summed E-state index contributed by atoms with van der Waals surface area (Å²) in [5.74, 6) is 1.91. The second kappa shape index (κ2) is 7.39. The fourth-order valence-electron chi connectivity index (χ4n) is 4.28. The van der Waals surface area contributed by atoms with Crippen molar-refractivity contribution in [2.45, 2.75) is 38.0 Å². The van der Waals surface area contributed by atoms with Crippen molar-refractivity contribution in [1.29, 1.82) is 0 Å². The zero-order valence-corrected chi connectivity index (χ0v) is 15.5. The van der Waals surface area contributed by atoms with Crippen LogP contribution in [0.2, 0.25) is 0 Å². The van der Waals surface area contributed by atoms with E-state index >= 15 is 0 Å². The molecule has 0 saturated carbocycles. The highest BCUT2D eigenvalue weighted by Crippen LogP contribution is 2.34. The van der Waals surface area contributed by atoms with Gasteiger partial charge in [0.1, 0.15) is 11.6 Å². The van der Waals surface area contributed by atoms with E-state index in [2.05, 4.69) is 39.7 Å². The molecule has 2 aromatic rings. The zero-order chi connectivity index (χ0) is 18.1. The van der Waals surface area contributed by atoms with Crippen molar-refractivity contribution in [1.82, 2.24) is 14.5 Å². The third-order valence-electron chi connectivity index (χ3n) is 5.63. The molecular formula is C20H27N3O3. The fraction of sp³-hybridized carbons (Fsp3) is 0.550. The topological polar surface area (TPSA) is 59.8 Å². The van der Waals surface area contributed by atoms with Crippen LogP contribution in [0.15, 0.2) is 30.6 Å². The van der Waals surface area contributed by atoms with Gasteiger partial charge in [-0.3, -0.25) is 4.90 Å². The number of aryl methyl sites for hydroxylation is 1. The molecule has 1 N–H and O–H groups in total. The van der Waals surface area contributed by atoms with E-state index < -0.39 is 0 Å². The van der Waals surface area contributed by atoms with Crippen molar-refractivity contribution < 1.29 is 14.6 Å². The number of benzene rings is 1. The quantitative estimate of drug-likeness (QED) is 0.889. The predicted octanol–water partition coefficient (Wildman–Crippen LogP) is 2.26. The lowest BCUT2D eigenvalue weighted by Crippen LogP contribution is -2.46. The van der Waals surface area contributed by atoms with Crippen LogP contribution in [-0.2, 0) is 4.74 Å². The van der Waals surface area contributed by atoms with Gasteiger partial charge < -0.3 is 19.1 Å². The van der Waals surface area contributed by atoms with Crippen LogP contribution in [0.3, 0.4) is 0 Å². The Kier molecular flexibility index (Phi) is 4.98. The normalized spacial score (nSPS) is 26.0. The van der Waals surface area contributed by atoms with Gasteiger partial charge in [-0.05, 0) is 43.5 Å². The molecule has 2 saturated heterocycles. The second-order valence-corrected chi connectivity index (χ2v) is 7.31. The Bertz CT molecular complexity index is 761. The number of hydrogen-bond acceptors (Lipinski definition) is 5. The van der Waals surface area contributed by atoms with Crippen LogP contribution in [0.25, 0.3) is 11.4 Å². The summed E-state index contributed by atoms with van der Waals surface area (Å²) in [4.78, 5) is 7.14. The first-order valence-corrected chi connectivity index (χ1v) is 9.34. The Morgan fingerprint density at radius 3 is 2.96 bits per heavy atom. The first kappa shape index (κ1) is 17.5. The maximum atomic E-state index is 9.16. The van der Waals surface area contributed by atoms with Gasteiger partial charge in [0.2, 0.25) is 0 Å². The van der Waals surface area contributed by atoms with Crippen molar-refractivity contribution in [3.05, 3.63) is 36.2 Å². The number of aliphatic hydroxyl groups excluding tert-OH is 1. The van der Waals surface area contributed by atoms with Gasteiger partial charge in [0.25, 0.3) is 0 Å². The minimum atomic E-state index is 0.154. The van der Waals surface area contributed by atoms with Crippen molar-refractivity contribution >= 4 is 0 Å². The van der Waals surface area contributed by atoms with E-state index in [0.29, 0.717) is 12.1 Å². The highest BCUT2D eigenvalue weighted by Gasteiger charge is 2.38. The van der Waals surface area contributed by atoms with Crippen LogP contribution in [0.1, 0.15) is 24.4 Å². The molecule has 26 heavy (non-hydrogen) atoms. The smallest absolute Gasteiger partial charge is 0.140 e. The number of morpholine rings is 1. The Morgan fingerprint density at radius 1 is 1.31 bits per heavy atom. The molecule has 0 radical (unpaired) electrons. The van der Waals surface area contributed by atoms with E-state index in [-0.39, 0.29) is 12.7 Å². The Morgan fingerprint density at radius 2 is 2.19 bits per heavy atom. The van der Waals surface area contributed by atoms with Gasteiger partial charge in [0.05, 0.1) is 19.8 Å². The summed E-state index contributed by atoms with van der Waals surface area (Å²) in [6.07, 6.45) is 5.92. The van der Waals surface area contributed by atoms with Crippen LogP contribution in [0.4, 0.5) is 0 Å². The van der Waals surface area contributed by atoms with Gasteiger partial charge in [-0.25, -0.2) is 4.98 Å². The van der Waals surface area contributed by atoms with Gasteiger partial charge in [0, 0.05) is 49.7 Å². The predicted molar refractivity (Wildman–Crippen MR) is 99.4 cm³/mol. The number of ether oxygens (including phenoxy) is 2. The number of hydrogen-bond donors (Lipinski definition) is 1. The average Bonchev–Trinajstić information content (AvgIpc) is 3.28. The molecule has 2 aliphatic rings. The van der Waals surface area contributed by atoms with Gasteiger partial charge in [-0.15, -0.1) is 0 Å². The lowest BCUT2D eigenvalue weighted by molar-refractivity contribution is -0.0567. The molecule has 140 valence electrons. The van der Waals surface area contributed by atoms with E-state index in [9.17, 15) is 0 Å². The van der Waals surface area contributed by atoms with Gasteiger partial charge >= 0.3 is 0 Å². The minimum absolute atomic E-state index is 0.154. The summed E-state index contributed by atoms with van der Waals surface area (Å²) in [6, 6.07) is 7.09. The molecule has 3 atom stereocenters. The van der Waals surface area contributed by atoms with Gasteiger partial charge in [0.15, 0.2) is 0 Å². The molecule has 4 rings (SSSR count). The third-order valence-corrected chi connectivity index (χ3v) is 5.63. The summed E-state index contributed by atoms with van der Waals surface area (Å²) in [5.41, 5.74) is 2.23. The largest absolute Gasteiger partial charge is 0.496 e. The third kappa shape index (κ3) is 3.24. The van der Waals surface area contributed by atoms with Crippen LogP contribution in [-0.4, -0.2) is 65.1 Å². The van der Waals surface area contributed by atoms with E-state index in [0.717, 1.165) is 55.2 Å². The molecule has 6 nitrogen and oxygen atoms in total. The molecule has 0 bridgehead atoms. The summed E-state index contributed by atoms with van der Waals surface area (Å²) < 4.78 is 13.6. The van der Waals surface area contributed by atoms with Crippen LogP contribution >= 0.6 is 0 Å². The number of nitrogens with zero attached hydrogens (tertiary/aromatic N) is 3. The molecule has 2 fully saturated rings. The van der Waals surface area contributed by atoms with Crippen molar-refractivity contribution in [3.8, 4) is 17.1 Å². The Balaban J connectivity index is 1.54. The lowest BCUT2D eigenvalue weighted by Gasteiger charge is -2.34. The molecule has 0 aliphatic carbocycles. The second-order valence-electron chi connectivity index (χ2n) is 7.31. The lowest BCUT2D eigenvalue weighted by atomic mass is 10.1. The molecule has 3 heterocycles. The number of rotatable bonds is 5. The van der Waals surface area contributed by atoms with E-state index in [1.165, 1.54) is 0 Å². The summed E-state index contributed by atoms with van der Waals surface area (Å²) in [6.45, 7) is 4.92. The van der Waals surface area contributed by atoms with E-state index in [1.807, 2.05) is 12.3 Å². The monoisotopic (exact) mass is 357 g/mol. The summed E-state index contributed by atoms with van der Waals surface area (Å²) in [5, 5.41) is 9.16. The van der Waals surface area contributed by atoms with Crippen molar-refractivity contribution in [2.24, 2.45) is 0 Å². The molecule has 0 unspecified atom stereocenters. The highest BCUT2D eigenvalue weighted by atomic mass is 16.5. The Hall–Kier alpha value is -1.89. The number of aromatic nitrogens is 2. The first-order valence-electron chi connectivity index (χ1n) is 9.34. The maximum Gasteiger partial charge on any atom is 0.140 e. The van der Waals surface area contributed by atoms with Gasteiger partial charge in [-0.2, -0.15) is 0 Å². The standard InChI is InChI=1S/C20H27N3O3/c1-14-9-15(3-4-19(14)25-2)20-21-6-7-23(20)16-10-17-13-26-18(5-8-24)12-22(17)11-16/h3-4,6-7,9,16-18,24H,5,8,10-13H2,1-2H3/t16-,17+,18+/m1/s1. The molecule has 0 amide bonds. The molecule has 1 aromatic heterocycles. The number of imidazole rings is 1. The molecule has 0 spiro atoms. The zero-order valence-electron chi connectivity index (χ0n) is 15.5. The summed E-state index contributed by atoms with van der Waals surface area (Å²) >= 11 is 0. The highest BCUT2D eigenvalue weighted by molar-refractivity contribution is 5.59. The van der Waals surface area contributed by atoms with Crippen LogP contribution in [0, 0.1) is 6.92 Å². The maximum absolute atomic E-state index is 9.16. The van der Waals surface area contributed by atoms with E-state index in [4.69, 9.17) is 14.6 Å². The van der Waals surface area contributed by atoms with Crippen molar-refractivity contribution in [3.63, 3.8) is 0 Å². The van der Waals surface area contributed by atoms with Crippen molar-refractivity contribution in [2.75, 3.05) is 33.4 Å². The van der Waals surface area contributed by atoms with E-state index in [1.54, 1.807) is 7.11 Å². The van der Waals surface area contributed by atoms with Crippen LogP contribution < -0.4 is 4.74 Å². The molecular weight excluding hydrogens is 330 g/mol. The average molecular weight is 357 g/mol. The minimum Gasteiger partial charge on any atom is -0.496 e. The molecule has 1 aromatic carbocycles. The number of methoxy groups -OCH3 is 1. The van der Waals surface area contributed by atoms with Crippen LogP contribution in [0.5, 0.6) is 5.75 Å². The van der Waals surface area contributed by atoms with Gasteiger partial charge in [-0.1, -0.05) is 0 Å². The fourth-order valence-corrected chi connectivity index (χ4v) is 4.28. The molecule has 2 aliphatic heterocycles. The first-order chi connectivity index (χ1) is 12.7. The summed E-state index contributed by atoms with van der Waals surface area (Å²) in [7, 11) is 1.70. The Labute approximate surface area is 154 Å². The molecule has 6 heteroatoms. The number of aliphatic hydroxyl groups is 1. The number of fused-ring (bicyclic) bond motifs is 1.